The van der Waals surface area contributed by atoms with Gasteiger partial charge in [0.25, 0.3) is 11.8 Å². The Labute approximate surface area is 513 Å². The van der Waals surface area contributed by atoms with Gasteiger partial charge in [0.1, 0.15) is 4.75 Å². The van der Waals surface area contributed by atoms with Crippen LogP contribution in [-0.2, 0) is 49.3 Å². The summed E-state index contributed by atoms with van der Waals surface area (Å²) in [4.78, 5) is 102. The van der Waals surface area contributed by atoms with Gasteiger partial charge in [0.15, 0.2) is 16.3 Å². The zero-order valence-corrected chi connectivity index (χ0v) is 49.8. The number of fused-ring (bicyclic) bond motifs is 10. The molecular formula is C74H64N2O9S2. The maximum absolute atomic E-state index is 15.0. The lowest BCUT2D eigenvalue weighted by atomic mass is 9.62. The van der Waals surface area contributed by atoms with Gasteiger partial charge in [0, 0.05) is 9.79 Å². The average Bonchev–Trinajstić information content (AvgIpc) is 1.48. The van der Waals surface area contributed by atoms with Gasteiger partial charge in [-0.05, 0) is 135 Å². The van der Waals surface area contributed by atoms with Crippen LogP contribution < -0.4 is 9.80 Å². The highest BCUT2D eigenvalue weighted by Crippen LogP contribution is 2.80. The minimum absolute atomic E-state index is 0. The number of para-hydroxylation sites is 2. The van der Waals surface area contributed by atoms with Crippen molar-refractivity contribution in [2.45, 2.75) is 74.0 Å². The first-order valence-electron chi connectivity index (χ1n) is 28.6. The number of ketones is 2. The highest BCUT2D eigenvalue weighted by molar-refractivity contribution is 8.01. The van der Waals surface area contributed by atoms with Crippen LogP contribution in [0.1, 0.15) is 71.2 Å². The van der Waals surface area contributed by atoms with Crippen molar-refractivity contribution in [1.29, 1.82) is 0 Å². The maximum Gasteiger partial charge on any atom is 0.255 e. The zero-order valence-electron chi connectivity index (χ0n) is 48.1. The molecule has 3 saturated heterocycles. The third-order valence-corrected chi connectivity index (χ3v) is 22.5. The molecule has 4 aliphatic carbocycles. The monoisotopic (exact) mass is 1190 g/mol. The minimum Gasteiger partial charge on any atom is -0.298 e. The van der Waals surface area contributed by atoms with Crippen molar-refractivity contribution < 1.29 is 42.8 Å². The first kappa shape index (κ1) is 58.7. The molecule has 436 valence electrons. The van der Waals surface area contributed by atoms with Gasteiger partial charge in [0.05, 0.1) is 55.7 Å². The molecule has 3 aliphatic heterocycles. The fraction of sp³-hybridized carbons (Fsp3) is 0.216. The van der Waals surface area contributed by atoms with E-state index < -0.39 is 65.6 Å². The summed E-state index contributed by atoms with van der Waals surface area (Å²) < 4.78 is 11.8. The van der Waals surface area contributed by atoms with Gasteiger partial charge >= 0.3 is 0 Å². The van der Waals surface area contributed by atoms with Crippen LogP contribution >= 0.6 is 11.8 Å². The van der Waals surface area contributed by atoms with Crippen molar-refractivity contribution in [2.75, 3.05) is 9.80 Å². The molecule has 4 amide bonds. The molecule has 7 aliphatic rings. The molecule has 4 bridgehead atoms. The van der Waals surface area contributed by atoms with E-state index >= 15 is 4.21 Å². The Hall–Kier alpha value is -8.72. The molecule has 0 N–H and O–H groups in total. The number of anilines is 2. The number of amides is 4. The number of thioether (sulfide) groups is 1. The van der Waals surface area contributed by atoms with E-state index in [-0.39, 0.29) is 36.6 Å². The number of hydrogen-bond acceptors (Lipinski definition) is 10. The van der Waals surface area contributed by atoms with Crippen molar-refractivity contribution in [3.8, 4) is 0 Å². The standard InChI is InChI=1S/C35H27NO4S.C35H27NO3S.C3H6O2.CH4/c1-33-27(23-15-7-3-8-16-23)28(24-17-9-4-10-18-24)34(2,31(33)38)35(41(40)26-21-13-6-14-22-26)29(33)30(37)36(32(35)39)25-19-11-5-12-20-25;1-33-27(23-15-7-3-8-16-23)28(24-17-9-4-10-18-24)34(2,31(33)38)35(40-26-21-13-6-14-22-26)29(33)30(37)36(32(35)39)25-19-11-5-12-20-25;1-3(2)4-5-3;/h3-22,29H,1-2H3;3-22,29H,1-2H3;1-2H3;1H4. The highest BCUT2D eigenvalue weighted by Gasteiger charge is 2.89. The van der Waals surface area contributed by atoms with Crippen LogP contribution in [-0.4, -0.2) is 54.7 Å². The molecule has 0 spiro atoms. The van der Waals surface area contributed by atoms with Crippen molar-refractivity contribution in [3.05, 3.63) is 265 Å². The normalized spacial score (nSPS) is 28.8. The molecule has 15 rings (SSSR count). The molecule has 9 unspecified atom stereocenters. The molecule has 3 heterocycles. The van der Waals surface area contributed by atoms with Crippen LogP contribution in [0.4, 0.5) is 11.4 Å². The number of imide groups is 2. The second-order valence-electron chi connectivity index (χ2n) is 23.8. The Kier molecular flexibility index (Phi) is 14.4. The number of nitrogens with zero attached hydrogens (tertiary/aromatic N) is 2. The van der Waals surface area contributed by atoms with E-state index in [1.807, 2.05) is 210 Å². The van der Waals surface area contributed by atoms with Crippen molar-refractivity contribution in [3.63, 3.8) is 0 Å². The largest absolute Gasteiger partial charge is 0.298 e. The summed E-state index contributed by atoms with van der Waals surface area (Å²) in [5, 5.41) is 0. The number of allylic oxidation sites excluding steroid dienone is 4. The van der Waals surface area contributed by atoms with Gasteiger partial charge in [-0.3, -0.25) is 33.0 Å². The SMILES string of the molecule is C.CC1(C)OO1.CC12C(=O)C(C)(C(c3ccccc3)=C1c1ccccc1)C1(S(=O)c3ccccc3)C(=O)N(c3ccccc3)C(=O)C21.CC12C(=O)C(C)(C(c3ccccc3)=C1c1ccccc1)C1(Sc3ccccc3)C(=O)N(c3ccccc3)C(=O)C21. The highest BCUT2D eigenvalue weighted by atomic mass is 32.2. The second kappa shape index (κ2) is 21.3. The van der Waals surface area contributed by atoms with Crippen molar-refractivity contribution in [1.82, 2.24) is 0 Å². The molecular weight excluding hydrogens is 1120 g/mol. The van der Waals surface area contributed by atoms with Crippen LogP contribution in [0, 0.1) is 33.5 Å². The lowest BCUT2D eigenvalue weighted by molar-refractivity contribution is -0.133. The van der Waals surface area contributed by atoms with E-state index in [0.717, 1.165) is 43.9 Å². The Morgan fingerprint density at radius 2 is 0.701 bits per heavy atom. The number of carbonyl (C=O) groups excluding carboxylic acids is 6. The van der Waals surface area contributed by atoms with Crippen LogP contribution in [0.3, 0.4) is 0 Å². The Morgan fingerprint density at radius 1 is 0.391 bits per heavy atom. The molecule has 9 atom stereocenters. The molecule has 13 heteroatoms. The zero-order chi connectivity index (χ0) is 60.2. The summed E-state index contributed by atoms with van der Waals surface area (Å²) in [6.07, 6.45) is 0. The third kappa shape index (κ3) is 8.05. The van der Waals surface area contributed by atoms with Gasteiger partial charge in [0.2, 0.25) is 17.6 Å². The number of Topliss-reactive ketones (excluding diaryl/α,β-unsaturated/α-hetero) is 2. The molecule has 11 nitrogen and oxygen atoms in total. The van der Waals surface area contributed by atoms with Crippen molar-refractivity contribution in [2.24, 2.45) is 33.5 Å². The van der Waals surface area contributed by atoms with E-state index in [2.05, 4.69) is 9.78 Å². The first-order chi connectivity index (χ1) is 41.4. The maximum atomic E-state index is 15.0. The van der Waals surface area contributed by atoms with E-state index in [0.29, 0.717) is 21.8 Å². The summed E-state index contributed by atoms with van der Waals surface area (Å²) in [5.41, 5.74) is 1.93. The number of rotatable bonds is 10. The van der Waals surface area contributed by atoms with Gasteiger partial charge in [-0.25, -0.2) is 9.80 Å². The summed E-state index contributed by atoms with van der Waals surface area (Å²) in [6.45, 7) is 11.0. The predicted molar refractivity (Wildman–Crippen MR) is 340 cm³/mol. The van der Waals surface area contributed by atoms with Gasteiger partial charge in [-0.1, -0.05) is 202 Å². The molecule has 0 aromatic heterocycles. The van der Waals surface area contributed by atoms with Crippen LogP contribution in [0.15, 0.2) is 252 Å². The number of benzene rings is 8. The third-order valence-electron chi connectivity index (χ3n) is 18.8. The molecule has 8 aromatic rings. The smallest absolute Gasteiger partial charge is 0.255 e. The quantitative estimate of drug-likeness (QED) is 0.0735. The predicted octanol–water partition coefficient (Wildman–Crippen LogP) is 14.2. The van der Waals surface area contributed by atoms with Crippen molar-refractivity contribution >= 4 is 91.4 Å². The van der Waals surface area contributed by atoms with E-state index in [9.17, 15) is 28.8 Å². The lowest BCUT2D eigenvalue weighted by Crippen LogP contribution is -2.58. The Bertz CT molecular complexity index is 4170. The second-order valence-corrected chi connectivity index (χ2v) is 26.8. The molecule has 5 fully saturated rings. The number of hydrogen-bond donors (Lipinski definition) is 0. The molecule has 87 heavy (non-hydrogen) atoms. The van der Waals surface area contributed by atoms with Crippen LogP contribution in [0.5, 0.6) is 0 Å². The fourth-order valence-electron chi connectivity index (χ4n) is 15.3. The Balaban J connectivity index is 0.000000155. The fourth-order valence-corrected chi connectivity index (χ4v) is 19.2. The van der Waals surface area contributed by atoms with E-state index in [1.165, 1.54) is 21.6 Å². The van der Waals surface area contributed by atoms with Gasteiger partial charge in [-0.15, -0.1) is 11.8 Å². The minimum atomic E-state index is -2.05. The Morgan fingerprint density at radius 3 is 1.10 bits per heavy atom. The number of carbonyl (C=O) groups is 6. The molecule has 2 saturated carbocycles. The van der Waals surface area contributed by atoms with Crippen LogP contribution in [0.25, 0.3) is 22.3 Å². The van der Waals surface area contributed by atoms with E-state index in [4.69, 9.17) is 0 Å². The van der Waals surface area contributed by atoms with E-state index in [1.54, 1.807) is 74.5 Å². The summed E-state index contributed by atoms with van der Waals surface area (Å²) >= 11 is 1.37. The topological polar surface area (TPSA) is 151 Å². The van der Waals surface area contributed by atoms with Crippen LogP contribution in [0.2, 0.25) is 0 Å². The van der Waals surface area contributed by atoms with Gasteiger partial charge in [-0.2, -0.15) is 9.78 Å². The molecule has 8 aromatic carbocycles. The summed E-state index contributed by atoms with van der Waals surface area (Å²) in [5.74, 6) is -4.34. The lowest BCUT2D eigenvalue weighted by Gasteiger charge is -2.44. The summed E-state index contributed by atoms with van der Waals surface area (Å²) in [6, 6.07) is 75.1. The average molecular weight is 1190 g/mol. The first-order valence-corrected chi connectivity index (χ1v) is 30.6. The van der Waals surface area contributed by atoms with Gasteiger partial charge < -0.3 is 0 Å². The molecule has 0 radical (unpaired) electrons. The summed E-state index contributed by atoms with van der Waals surface area (Å²) in [7, 11) is -2.05.